The normalized spacial score (nSPS) is 10.6. The number of hydrogen-bond acceptors (Lipinski definition) is 2. The van der Waals surface area contributed by atoms with E-state index >= 15 is 0 Å². The van der Waals surface area contributed by atoms with Crippen LogP contribution in [0, 0.1) is 0 Å². The molecule has 0 aliphatic rings. The zero-order valence-corrected chi connectivity index (χ0v) is 12.4. The van der Waals surface area contributed by atoms with Crippen molar-refractivity contribution < 1.29 is 4.79 Å². The lowest BCUT2D eigenvalue weighted by atomic mass is 10.1. The second-order valence-corrected chi connectivity index (χ2v) is 4.91. The Kier molecular flexibility index (Phi) is 4.79. The maximum Gasteiger partial charge on any atom is 0.251 e. The van der Waals surface area contributed by atoms with E-state index in [1.807, 2.05) is 31.4 Å². The number of halogens is 1. The molecule has 106 valence electrons. The van der Waals surface area contributed by atoms with E-state index in [4.69, 9.17) is 11.6 Å². The first-order chi connectivity index (χ1) is 9.63. The summed E-state index contributed by atoms with van der Waals surface area (Å²) in [6.07, 6.45) is 2.79. The van der Waals surface area contributed by atoms with Gasteiger partial charge in [-0.1, -0.05) is 19.1 Å². The molecule has 0 unspecified atom stereocenters. The van der Waals surface area contributed by atoms with Crippen LogP contribution in [0.2, 0.25) is 0 Å². The van der Waals surface area contributed by atoms with Crippen molar-refractivity contribution >= 4 is 17.5 Å². The average molecular weight is 292 g/mol. The van der Waals surface area contributed by atoms with Crippen LogP contribution in [0.3, 0.4) is 0 Å². The highest BCUT2D eigenvalue weighted by Gasteiger charge is 2.09. The summed E-state index contributed by atoms with van der Waals surface area (Å²) in [7, 11) is 1.88. The number of rotatable bonds is 5. The van der Waals surface area contributed by atoms with Crippen LogP contribution in [0.5, 0.6) is 0 Å². The molecule has 2 rings (SSSR count). The fraction of sp³-hybridized carbons (Fsp3) is 0.333. The summed E-state index contributed by atoms with van der Waals surface area (Å²) < 4.78 is 1.77. The Labute approximate surface area is 123 Å². The van der Waals surface area contributed by atoms with Crippen LogP contribution >= 0.6 is 11.6 Å². The Hall–Kier alpha value is -1.81. The van der Waals surface area contributed by atoms with Gasteiger partial charge in [-0.3, -0.25) is 9.48 Å². The molecule has 2 aromatic rings. The zero-order chi connectivity index (χ0) is 14.5. The largest absolute Gasteiger partial charge is 0.348 e. The maximum absolute atomic E-state index is 12.1. The summed E-state index contributed by atoms with van der Waals surface area (Å²) in [6.45, 7) is 2.54. The summed E-state index contributed by atoms with van der Waals surface area (Å²) in [6, 6.07) is 7.34. The van der Waals surface area contributed by atoms with Gasteiger partial charge in [0.2, 0.25) is 0 Å². The molecule has 1 aromatic carbocycles. The summed E-state index contributed by atoms with van der Waals surface area (Å²) in [5.74, 6) is 0.312. The third-order valence-corrected chi connectivity index (χ3v) is 3.42. The fourth-order valence-corrected chi connectivity index (χ4v) is 2.27. The average Bonchev–Trinajstić information content (AvgIpc) is 2.85. The smallest absolute Gasteiger partial charge is 0.251 e. The van der Waals surface area contributed by atoms with Gasteiger partial charge in [0, 0.05) is 36.8 Å². The molecule has 0 saturated heterocycles. The molecule has 0 aliphatic carbocycles. The molecule has 0 bridgehead atoms. The number of amides is 1. The van der Waals surface area contributed by atoms with E-state index in [1.165, 1.54) is 0 Å². The molecule has 0 aliphatic heterocycles. The van der Waals surface area contributed by atoms with Gasteiger partial charge >= 0.3 is 0 Å². The monoisotopic (exact) mass is 291 g/mol. The van der Waals surface area contributed by atoms with Crippen molar-refractivity contribution in [3.63, 3.8) is 0 Å². The van der Waals surface area contributed by atoms with E-state index in [0.29, 0.717) is 18.0 Å². The van der Waals surface area contributed by atoms with Gasteiger partial charge in [-0.2, -0.15) is 5.10 Å². The van der Waals surface area contributed by atoms with E-state index < -0.39 is 0 Å². The van der Waals surface area contributed by atoms with Crippen LogP contribution in [0.1, 0.15) is 34.1 Å². The van der Waals surface area contributed by atoms with Gasteiger partial charge in [0.15, 0.2) is 0 Å². The third-order valence-electron chi connectivity index (χ3n) is 3.11. The molecule has 1 heterocycles. The lowest BCUT2D eigenvalue weighted by Gasteiger charge is -2.06. The molecular formula is C15H18ClN3O. The number of alkyl halides is 1. The van der Waals surface area contributed by atoms with Crippen molar-refractivity contribution in [2.75, 3.05) is 0 Å². The number of aromatic nitrogens is 2. The number of carbonyl (C=O) groups is 1. The lowest BCUT2D eigenvalue weighted by Crippen LogP contribution is -2.23. The van der Waals surface area contributed by atoms with Crippen molar-refractivity contribution in [1.29, 1.82) is 0 Å². The van der Waals surface area contributed by atoms with E-state index in [9.17, 15) is 4.79 Å². The highest BCUT2D eigenvalue weighted by atomic mass is 35.5. The van der Waals surface area contributed by atoms with Crippen LogP contribution < -0.4 is 5.32 Å². The van der Waals surface area contributed by atoms with Gasteiger partial charge in [0.1, 0.15) is 0 Å². The summed E-state index contributed by atoms with van der Waals surface area (Å²) in [5, 5.41) is 7.27. The van der Waals surface area contributed by atoms with Gasteiger partial charge in [0.05, 0.1) is 5.69 Å². The van der Waals surface area contributed by atoms with Crippen LogP contribution in [-0.2, 0) is 25.9 Å². The first-order valence-electron chi connectivity index (χ1n) is 6.58. The highest BCUT2D eigenvalue weighted by molar-refractivity contribution is 6.17. The Morgan fingerprint density at radius 3 is 2.95 bits per heavy atom. The van der Waals surface area contributed by atoms with Gasteiger partial charge in [0.25, 0.3) is 5.91 Å². The first kappa shape index (κ1) is 14.6. The predicted octanol–water partition coefficient (Wildman–Crippen LogP) is 2.65. The fourth-order valence-electron chi connectivity index (χ4n) is 2.10. The van der Waals surface area contributed by atoms with Crippen molar-refractivity contribution in [2.24, 2.45) is 7.05 Å². The first-order valence-corrected chi connectivity index (χ1v) is 7.12. The van der Waals surface area contributed by atoms with Crippen molar-refractivity contribution in [1.82, 2.24) is 15.1 Å². The SMILES string of the molecule is CCc1nn(C)cc1CNC(=O)c1cccc(CCl)c1. The van der Waals surface area contributed by atoms with Crippen molar-refractivity contribution in [3.8, 4) is 0 Å². The Morgan fingerprint density at radius 1 is 1.45 bits per heavy atom. The quantitative estimate of drug-likeness (QED) is 0.861. The Bertz CT molecular complexity index is 607. The summed E-state index contributed by atoms with van der Waals surface area (Å²) in [4.78, 5) is 12.1. The minimum Gasteiger partial charge on any atom is -0.348 e. The van der Waals surface area contributed by atoms with Crippen LogP contribution in [0.25, 0.3) is 0 Å². The Balaban J connectivity index is 2.04. The molecule has 0 radical (unpaired) electrons. The van der Waals surface area contributed by atoms with E-state index in [0.717, 1.165) is 23.2 Å². The van der Waals surface area contributed by atoms with E-state index in [-0.39, 0.29) is 5.91 Å². The molecule has 0 saturated carbocycles. The van der Waals surface area contributed by atoms with Gasteiger partial charge in [-0.15, -0.1) is 11.6 Å². The molecule has 1 aromatic heterocycles. The molecule has 0 spiro atoms. The Morgan fingerprint density at radius 2 is 2.25 bits per heavy atom. The van der Waals surface area contributed by atoms with Gasteiger partial charge < -0.3 is 5.32 Å². The number of aryl methyl sites for hydroxylation is 2. The molecule has 20 heavy (non-hydrogen) atoms. The van der Waals surface area contributed by atoms with Crippen LogP contribution in [0.15, 0.2) is 30.5 Å². The molecule has 0 fully saturated rings. The summed E-state index contributed by atoms with van der Waals surface area (Å²) >= 11 is 5.78. The molecule has 5 heteroatoms. The summed E-state index contributed by atoms with van der Waals surface area (Å²) in [5.41, 5.74) is 3.64. The third kappa shape index (κ3) is 3.39. The van der Waals surface area contributed by atoms with Crippen molar-refractivity contribution in [2.45, 2.75) is 25.8 Å². The minimum atomic E-state index is -0.0946. The predicted molar refractivity (Wildman–Crippen MR) is 79.8 cm³/mol. The van der Waals surface area contributed by atoms with E-state index in [1.54, 1.807) is 10.7 Å². The molecule has 1 N–H and O–H groups in total. The minimum absolute atomic E-state index is 0.0946. The lowest BCUT2D eigenvalue weighted by molar-refractivity contribution is 0.0950. The molecule has 0 atom stereocenters. The number of nitrogens with one attached hydrogen (secondary N) is 1. The number of benzene rings is 1. The highest BCUT2D eigenvalue weighted by Crippen LogP contribution is 2.10. The molecule has 4 nitrogen and oxygen atoms in total. The van der Waals surface area contributed by atoms with Crippen LogP contribution in [0.4, 0.5) is 0 Å². The number of carbonyl (C=O) groups excluding carboxylic acids is 1. The zero-order valence-electron chi connectivity index (χ0n) is 11.7. The molecular weight excluding hydrogens is 274 g/mol. The second kappa shape index (κ2) is 6.57. The van der Waals surface area contributed by atoms with Gasteiger partial charge in [-0.25, -0.2) is 0 Å². The van der Waals surface area contributed by atoms with Crippen molar-refractivity contribution in [3.05, 3.63) is 52.8 Å². The topological polar surface area (TPSA) is 46.9 Å². The van der Waals surface area contributed by atoms with E-state index in [2.05, 4.69) is 17.3 Å². The molecule has 1 amide bonds. The van der Waals surface area contributed by atoms with Gasteiger partial charge in [-0.05, 0) is 24.1 Å². The number of hydrogen-bond donors (Lipinski definition) is 1. The second-order valence-electron chi connectivity index (χ2n) is 4.64. The maximum atomic E-state index is 12.1. The van der Waals surface area contributed by atoms with Crippen LogP contribution in [-0.4, -0.2) is 15.7 Å². The number of nitrogens with zero attached hydrogens (tertiary/aromatic N) is 2. The standard InChI is InChI=1S/C15H18ClN3O/c1-3-14-13(10-19(2)18-14)9-17-15(20)12-6-4-5-11(7-12)8-16/h4-7,10H,3,8-9H2,1-2H3,(H,17,20).